The van der Waals surface area contributed by atoms with Crippen molar-refractivity contribution in [2.75, 3.05) is 6.61 Å². The van der Waals surface area contributed by atoms with Crippen LogP contribution in [0.5, 0.6) is 0 Å². The number of halogens is 2. The lowest BCUT2D eigenvalue weighted by Crippen LogP contribution is -2.17. The first-order valence-electron chi connectivity index (χ1n) is 6.28. The highest BCUT2D eigenvalue weighted by molar-refractivity contribution is 6.00. The largest absolute Gasteiger partial charge is 0.366 e. The van der Waals surface area contributed by atoms with Gasteiger partial charge in [-0.25, -0.2) is 8.78 Å². The zero-order valence-electron chi connectivity index (χ0n) is 11.0. The molecule has 0 fully saturated rings. The van der Waals surface area contributed by atoms with Gasteiger partial charge in [0.05, 0.1) is 0 Å². The lowest BCUT2D eigenvalue weighted by Gasteiger charge is -2.16. The van der Waals surface area contributed by atoms with Gasteiger partial charge in [-0.3, -0.25) is 4.79 Å². The minimum atomic E-state index is -0.859. The second-order valence-electron chi connectivity index (χ2n) is 4.27. The first-order valence-corrected chi connectivity index (χ1v) is 6.28. The van der Waals surface area contributed by atoms with Gasteiger partial charge in [-0.1, -0.05) is 30.3 Å². The number of carbonyl (C=O) groups excluding carboxylic acids is 1. The van der Waals surface area contributed by atoms with Crippen LogP contribution in [-0.2, 0) is 4.74 Å². The summed E-state index contributed by atoms with van der Waals surface area (Å²) in [5.41, 5.74) is 0.619. The molecule has 1 unspecified atom stereocenters. The molecule has 1 atom stereocenters. The van der Waals surface area contributed by atoms with Crippen LogP contribution in [0.4, 0.5) is 8.78 Å². The van der Waals surface area contributed by atoms with Crippen LogP contribution in [0.25, 0.3) is 0 Å². The molecular formula is C16H14F2O2. The quantitative estimate of drug-likeness (QED) is 0.773. The first kappa shape index (κ1) is 14.3. The van der Waals surface area contributed by atoms with Gasteiger partial charge in [-0.2, -0.15) is 0 Å². The van der Waals surface area contributed by atoms with E-state index in [4.69, 9.17) is 4.74 Å². The van der Waals surface area contributed by atoms with Gasteiger partial charge >= 0.3 is 0 Å². The number of benzene rings is 2. The van der Waals surface area contributed by atoms with E-state index in [0.29, 0.717) is 12.2 Å². The summed E-state index contributed by atoms with van der Waals surface area (Å²) in [5, 5.41) is 0. The third kappa shape index (κ3) is 3.27. The maximum Gasteiger partial charge on any atom is 0.196 e. The first-order chi connectivity index (χ1) is 9.61. The van der Waals surface area contributed by atoms with Crippen molar-refractivity contribution in [3.05, 3.63) is 71.3 Å². The number of ketones is 1. The molecule has 0 bridgehead atoms. The molecule has 0 amide bonds. The van der Waals surface area contributed by atoms with Crippen LogP contribution in [0.1, 0.15) is 28.9 Å². The van der Waals surface area contributed by atoms with Crippen molar-refractivity contribution in [1.29, 1.82) is 0 Å². The molecule has 0 aliphatic heterocycles. The average molecular weight is 276 g/mol. The molecule has 2 aromatic rings. The fraction of sp³-hybridized carbons (Fsp3) is 0.188. The summed E-state index contributed by atoms with van der Waals surface area (Å²) in [6.45, 7) is 2.08. The maximum atomic E-state index is 13.2. The summed E-state index contributed by atoms with van der Waals surface area (Å²) in [7, 11) is 0. The molecule has 0 aliphatic carbocycles. The molecule has 0 spiro atoms. The van der Waals surface area contributed by atoms with Gasteiger partial charge in [-0.05, 0) is 24.6 Å². The third-order valence-corrected chi connectivity index (χ3v) is 2.82. The second-order valence-corrected chi connectivity index (χ2v) is 4.27. The molecule has 0 aromatic heterocycles. The Kier molecular flexibility index (Phi) is 4.58. The van der Waals surface area contributed by atoms with Crippen molar-refractivity contribution >= 4 is 5.78 Å². The highest BCUT2D eigenvalue weighted by Gasteiger charge is 2.23. The van der Waals surface area contributed by atoms with E-state index in [0.717, 1.165) is 18.2 Å². The zero-order chi connectivity index (χ0) is 14.5. The van der Waals surface area contributed by atoms with Crippen molar-refractivity contribution in [1.82, 2.24) is 0 Å². The van der Waals surface area contributed by atoms with Crippen molar-refractivity contribution in [2.45, 2.75) is 13.0 Å². The molecule has 0 heterocycles. The summed E-state index contributed by atoms with van der Waals surface area (Å²) in [6.07, 6.45) is -0.859. The molecular weight excluding hydrogens is 262 g/mol. The molecule has 2 rings (SSSR count). The van der Waals surface area contributed by atoms with Crippen LogP contribution >= 0.6 is 0 Å². The van der Waals surface area contributed by atoms with Gasteiger partial charge in [0.25, 0.3) is 0 Å². The Morgan fingerprint density at radius 1 is 1.10 bits per heavy atom. The summed E-state index contributed by atoms with van der Waals surface area (Å²) >= 11 is 0. The lowest BCUT2D eigenvalue weighted by molar-refractivity contribution is 0.0452. The third-order valence-electron chi connectivity index (χ3n) is 2.82. The van der Waals surface area contributed by atoms with Crippen LogP contribution in [-0.4, -0.2) is 12.4 Å². The van der Waals surface area contributed by atoms with Gasteiger partial charge in [0.1, 0.15) is 17.7 Å². The summed E-state index contributed by atoms with van der Waals surface area (Å²) in [5.74, 6) is -2.02. The summed E-state index contributed by atoms with van der Waals surface area (Å²) in [6, 6.07) is 11.6. The Hall–Kier alpha value is -2.07. The monoisotopic (exact) mass is 276 g/mol. The van der Waals surface area contributed by atoms with Crippen LogP contribution in [0, 0.1) is 11.6 Å². The molecule has 0 N–H and O–H groups in total. The molecule has 0 aliphatic rings. The Bertz CT molecular complexity index is 576. The highest BCUT2D eigenvalue weighted by Crippen LogP contribution is 2.23. The fourth-order valence-corrected chi connectivity index (χ4v) is 1.97. The molecule has 4 heteroatoms. The van der Waals surface area contributed by atoms with Crippen molar-refractivity contribution < 1.29 is 18.3 Å². The Morgan fingerprint density at radius 3 is 2.25 bits per heavy atom. The summed E-state index contributed by atoms with van der Waals surface area (Å²) in [4.78, 5) is 12.4. The Morgan fingerprint density at radius 2 is 1.70 bits per heavy atom. The number of hydrogen-bond acceptors (Lipinski definition) is 2. The van der Waals surface area contributed by atoms with E-state index < -0.39 is 23.5 Å². The van der Waals surface area contributed by atoms with Gasteiger partial charge in [0, 0.05) is 18.2 Å². The SMILES string of the molecule is CCOC(C(=O)c1cc(F)cc(F)c1)c1ccccc1. The number of hydrogen-bond donors (Lipinski definition) is 0. The van der Waals surface area contributed by atoms with Gasteiger partial charge in [-0.15, -0.1) is 0 Å². The smallest absolute Gasteiger partial charge is 0.196 e. The number of rotatable bonds is 5. The van der Waals surface area contributed by atoms with E-state index in [1.54, 1.807) is 31.2 Å². The Labute approximate surface area is 116 Å². The van der Waals surface area contributed by atoms with Crippen molar-refractivity contribution in [3.63, 3.8) is 0 Å². The minimum absolute atomic E-state index is 0.0372. The molecule has 2 nitrogen and oxygen atoms in total. The molecule has 104 valence electrons. The summed E-state index contributed by atoms with van der Waals surface area (Å²) < 4.78 is 31.8. The van der Waals surface area contributed by atoms with Crippen LogP contribution < -0.4 is 0 Å². The van der Waals surface area contributed by atoms with E-state index in [2.05, 4.69) is 0 Å². The topological polar surface area (TPSA) is 26.3 Å². The van der Waals surface area contributed by atoms with E-state index in [9.17, 15) is 13.6 Å². The minimum Gasteiger partial charge on any atom is -0.366 e. The molecule has 0 radical (unpaired) electrons. The van der Waals surface area contributed by atoms with Crippen LogP contribution in [0.2, 0.25) is 0 Å². The molecule has 0 saturated heterocycles. The maximum absolute atomic E-state index is 13.2. The van der Waals surface area contributed by atoms with E-state index in [-0.39, 0.29) is 5.56 Å². The number of ether oxygens (including phenoxy) is 1. The molecule has 20 heavy (non-hydrogen) atoms. The van der Waals surface area contributed by atoms with Crippen molar-refractivity contribution in [3.8, 4) is 0 Å². The second kappa shape index (κ2) is 6.39. The van der Waals surface area contributed by atoms with Crippen LogP contribution in [0.3, 0.4) is 0 Å². The lowest BCUT2D eigenvalue weighted by atomic mass is 9.99. The van der Waals surface area contributed by atoms with E-state index in [1.807, 2.05) is 6.07 Å². The number of carbonyl (C=O) groups is 1. The van der Waals surface area contributed by atoms with Crippen molar-refractivity contribution in [2.24, 2.45) is 0 Å². The van der Waals surface area contributed by atoms with E-state index >= 15 is 0 Å². The normalized spacial score (nSPS) is 12.2. The zero-order valence-corrected chi connectivity index (χ0v) is 11.0. The average Bonchev–Trinajstić information content (AvgIpc) is 2.44. The van der Waals surface area contributed by atoms with Gasteiger partial charge in [0.15, 0.2) is 5.78 Å². The highest BCUT2D eigenvalue weighted by atomic mass is 19.1. The number of Topliss-reactive ketones (excluding diaryl/α,β-unsaturated/α-hetero) is 1. The fourth-order valence-electron chi connectivity index (χ4n) is 1.97. The van der Waals surface area contributed by atoms with Gasteiger partial charge in [0.2, 0.25) is 0 Å². The van der Waals surface area contributed by atoms with Crippen LogP contribution in [0.15, 0.2) is 48.5 Å². The predicted molar refractivity (Wildman–Crippen MR) is 71.5 cm³/mol. The van der Waals surface area contributed by atoms with Gasteiger partial charge < -0.3 is 4.74 Å². The molecule has 0 saturated carbocycles. The standard InChI is InChI=1S/C16H14F2O2/c1-2-20-16(11-6-4-3-5-7-11)15(19)12-8-13(17)10-14(18)9-12/h3-10,16H,2H2,1H3. The molecule has 2 aromatic carbocycles. The Balaban J connectivity index is 2.36. The predicted octanol–water partition coefficient (Wildman–Crippen LogP) is 3.93. The van der Waals surface area contributed by atoms with E-state index in [1.165, 1.54) is 0 Å².